The molecule has 5 nitrogen and oxygen atoms in total. The maximum atomic E-state index is 11.2. The number of nitrogens with one attached hydrogen (secondary N) is 1. The molecule has 0 saturated carbocycles. The summed E-state index contributed by atoms with van der Waals surface area (Å²) in [4.78, 5) is 24.6. The van der Waals surface area contributed by atoms with Crippen molar-refractivity contribution in [2.24, 2.45) is 5.41 Å². The number of hydrogen-bond donors (Lipinski definition) is 2. The fraction of sp³-hybridized carbons (Fsp3) is 0.667. The normalized spacial score (nSPS) is 11.9. The van der Waals surface area contributed by atoms with Crippen LogP contribution in [0.3, 0.4) is 0 Å². The zero-order valence-corrected chi connectivity index (χ0v) is 11.3. The van der Waals surface area contributed by atoms with Gasteiger partial charge in [0.2, 0.25) is 5.91 Å². The van der Waals surface area contributed by atoms with Crippen molar-refractivity contribution in [3.05, 3.63) is 12.2 Å². The monoisotopic (exact) mass is 263 g/mol. The van der Waals surface area contributed by atoms with Gasteiger partial charge in [0, 0.05) is 12.5 Å². The van der Waals surface area contributed by atoms with Crippen LogP contribution in [-0.4, -0.2) is 37.1 Å². The maximum Gasteiger partial charge on any atom is 0.225 e. The first-order valence-corrected chi connectivity index (χ1v) is 5.48. The summed E-state index contributed by atoms with van der Waals surface area (Å²) in [6, 6.07) is 0. The minimum atomic E-state index is -0.676. The van der Waals surface area contributed by atoms with Gasteiger partial charge in [-0.25, -0.2) is 0 Å². The molecule has 18 heavy (non-hydrogen) atoms. The number of rotatable bonds is 6. The molecule has 0 spiro atoms. The lowest BCUT2D eigenvalue weighted by atomic mass is 9.85. The molecule has 0 aliphatic heterocycles. The first-order valence-electron chi connectivity index (χ1n) is 5.48. The molecular formula is C12H22FNO4. The van der Waals surface area contributed by atoms with Gasteiger partial charge in [0.15, 0.2) is 0 Å². The molecule has 106 valence electrons. The molecule has 0 aliphatic carbocycles. The fourth-order valence-corrected chi connectivity index (χ4v) is 1.06. The van der Waals surface area contributed by atoms with Crippen molar-refractivity contribution < 1.29 is 24.2 Å². The lowest BCUT2D eigenvalue weighted by Gasteiger charge is -2.21. The van der Waals surface area contributed by atoms with Crippen molar-refractivity contribution >= 4 is 12.2 Å². The van der Waals surface area contributed by atoms with Gasteiger partial charge in [-0.15, -0.1) is 0 Å². The lowest BCUT2D eigenvalue weighted by Crippen LogP contribution is -2.34. The maximum absolute atomic E-state index is 11.2. The van der Waals surface area contributed by atoms with E-state index in [9.17, 15) is 14.1 Å². The average molecular weight is 263 g/mol. The molecule has 0 fully saturated rings. The van der Waals surface area contributed by atoms with Crippen LogP contribution in [0.25, 0.3) is 0 Å². The minimum absolute atomic E-state index is 0.0782. The number of allylic oxidation sites excluding steroid dienone is 1. The average Bonchev–Trinajstić information content (AvgIpc) is 2.36. The van der Waals surface area contributed by atoms with E-state index in [1.54, 1.807) is 20.9 Å². The van der Waals surface area contributed by atoms with Gasteiger partial charge in [-0.05, 0) is 23.4 Å². The van der Waals surface area contributed by atoms with E-state index >= 15 is 0 Å². The SMILES string of the molecule is C=C(C=O)CC(C)(C)C(=O)NC.CC(CO)OF. The second-order valence-electron chi connectivity index (χ2n) is 4.50. The number of hydrogen-bond acceptors (Lipinski definition) is 4. The second kappa shape index (κ2) is 9.73. The molecule has 0 aromatic rings. The smallest absolute Gasteiger partial charge is 0.225 e. The van der Waals surface area contributed by atoms with Crippen molar-refractivity contribution in [2.45, 2.75) is 33.3 Å². The van der Waals surface area contributed by atoms with Gasteiger partial charge in [0.05, 0.1) is 6.61 Å². The molecule has 2 N–H and O–H groups in total. The zero-order valence-electron chi connectivity index (χ0n) is 11.3. The molecule has 1 unspecified atom stereocenters. The van der Waals surface area contributed by atoms with Gasteiger partial charge < -0.3 is 10.4 Å². The summed E-state index contributed by atoms with van der Waals surface area (Å²) in [5.41, 5.74) is -0.101. The number of aliphatic hydroxyl groups excluding tert-OH is 1. The Morgan fingerprint density at radius 2 is 2.11 bits per heavy atom. The second-order valence-corrected chi connectivity index (χ2v) is 4.50. The zero-order chi connectivity index (χ0) is 14.8. The van der Waals surface area contributed by atoms with Crippen LogP contribution in [0.1, 0.15) is 27.2 Å². The van der Waals surface area contributed by atoms with E-state index in [0.29, 0.717) is 18.3 Å². The van der Waals surface area contributed by atoms with Crippen molar-refractivity contribution in [3.63, 3.8) is 0 Å². The largest absolute Gasteiger partial charge is 0.394 e. The van der Waals surface area contributed by atoms with Crippen LogP contribution in [0, 0.1) is 5.41 Å². The summed E-state index contributed by atoms with van der Waals surface area (Å²) in [5.74, 6) is -0.0782. The molecule has 0 aromatic heterocycles. The fourth-order valence-electron chi connectivity index (χ4n) is 1.06. The van der Waals surface area contributed by atoms with Gasteiger partial charge >= 0.3 is 0 Å². The van der Waals surface area contributed by atoms with E-state index in [1.165, 1.54) is 6.92 Å². The predicted molar refractivity (Wildman–Crippen MR) is 66.4 cm³/mol. The van der Waals surface area contributed by atoms with Gasteiger partial charge in [0.25, 0.3) is 0 Å². The Morgan fingerprint density at radius 3 is 2.33 bits per heavy atom. The summed E-state index contributed by atoms with van der Waals surface area (Å²) < 4.78 is 10.7. The number of aliphatic hydroxyl groups is 1. The molecule has 0 radical (unpaired) electrons. The molecule has 1 amide bonds. The van der Waals surface area contributed by atoms with E-state index in [1.807, 2.05) is 0 Å². The molecule has 0 bridgehead atoms. The summed E-state index contributed by atoms with van der Waals surface area (Å²) in [7, 11) is 1.58. The molecule has 0 saturated heterocycles. The number of aldehydes is 1. The minimum Gasteiger partial charge on any atom is -0.394 e. The number of carbonyl (C=O) groups is 2. The van der Waals surface area contributed by atoms with Crippen LogP contribution in [0.2, 0.25) is 0 Å². The third kappa shape index (κ3) is 8.83. The molecule has 0 rings (SSSR count). The molecule has 0 aromatic carbocycles. The van der Waals surface area contributed by atoms with E-state index in [2.05, 4.69) is 16.8 Å². The Morgan fingerprint density at radius 1 is 1.61 bits per heavy atom. The lowest BCUT2D eigenvalue weighted by molar-refractivity contribution is -0.182. The summed E-state index contributed by atoms with van der Waals surface area (Å²) in [5, 5.41) is 10.5. The summed E-state index contributed by atoms with van der Waals surface area (Å²) in [6.07, 6.45) is 0.408. The number of amides is 1. The van der Waals surface area contributed by atoms with Gasteiger partial charge in [-0.3, -0.25) is 9.59 Å². The van der Waals surface area contributed by atoms with Crippen LogP contribution >= 0.6 is 0 Å². The van der Waals surface area contributed by atoms with Crippen molar-refractivity contribution in [3.8, 4) is 0 Å². The van der Waals surface area contributed by atoms with Gasteiger partial charge in [-0.2, -0.15) is 4.94 Å². The van der Waals surface area contributed by atoms with Crippen molar-refractivity contribution in [1.29, 1.82) is 0 Å². The highest BCUT2D eigenvalue weighted by Crippen LogP contribution is 2.23. The highest BCUT2D eigenvalue weighted by Gasteiger charge is 2.26. The highest BCUT2D eigenvalue weighted by atomic mass is 19.3. The topological polar surface area (TPSA) is 75.6 Å². The Labute approximate surface area is 107 Å². The van der Waals surface area contributed by atoms with Crippen LogP contribution in [0.5, 0.6) is 0 Å². The van der Waals surface area contributed by atoms with E-state index in [0.717, 1.165) is 0 Å². The Hall–Kier alpha value is -1.27. The van der Waals surface area contributed by atoms with Crippen molar-refractivity contribution in [2.75, 3.05) is 13.7 Å². The summed E-state index contributed by atoms with van der Waals surface area (Å²) >= 11 is 0. The third-order valence-corrected chi connectivity index (χ3v) is 2.09. The van der Waals surface area contributed by atoms with Crippen LogP contribution in [0.15, 0.2) is 12.2 Å². The predicted octanol–water partition coefficient (Wildman–Crippen LogP) is 1.17. The molecular weight excluding hydrogens is 241 g/mol. The Bertz CT molecular complexity index is 275. The quantitative estimate of drug-likeness (QED) is 0.557. The summed E-state index contributed by atoms with van der Waals surface area (Å²) in [6.45, 7) is 8.25. The Balaban J connectivity index is 0. The van der Waals surface area contributed by atoms with Crippen molar-refractivity contribution in [1.82, 2.24) is 5.32 Å². The van der Waals surface area contributed by atoms with E-state index in [-0.39, 0.29) is 12.5 Å². The standard InChI is InChI=1S/C9H15NO2.C3H7FO2/c1-7(6-11)5-9(2,3)8(12)10-4;1-3(2-5)6-4/h6H,1,5H2,2-4H3,(H,10,12);3,5H,2H2,1H3. The van der Waals surface area contributed by atoms with Gasteiger partial charge in [0.1, 0.15) is 12.4 Å². The molecule has 0 aliphatic rings. The van der Waals surface area contributed by atoms with E-state index < -0.39 is 11.5 Å². The van der Waals surface area contributed by atoms with Crippen LogP contribution in [-0.2, 0) is 14.5 Å². The Kier molecular flexibility index (Phi) is 10.3. The number of halogens is 1. The van der Waals surface area contributed by atoms with Gasteiger partial charge in [-0.1, -0.05) is 20.4 Å². The molecule has 0 heterocycles. The highest BCUT2D eigenvalue weighted by molar-refractivity contribution is 5.83. The van der Waals surface area contributed by atoms with E-state index in [4.69, 9.17) is 5.11 Å². The first kappa shape index (κ1) is 19.1. The van der Waals surface area contributed by atoms with Crippen LogP contribution in [0.4, 0.5) is 4.53 Å². The number of carbonyl (C=O) groups excluding carboxylic acids is 2. The molecule has 6 heteroatoms. The van der Waals surface area contributed by atoms with Crippen LogP contribution < -0.4 is 5.32 Å². The molecule has 1 atom stereocenters. The third-order valence-electron chi connectivity index (χ3n) is 2.09. The first-order chi connectivity index (χ1) is 8.24.